The van der Waals surface area contributed by atoms with E-state index in [0.29, 0.717) is 24.3 Å². The second-order valence-corrected chi connectivity index (χ2v) is 5.64. The summed E-state index contributed by atoms with van der Waals surface area (Å²) in [5.41, 5.74) is -0.771. The van der Waals surface area contributed by atoms with Gasteiger partial charge in [-0.05, 0) is 24.3 Å². The van der Waals surface area contributed by atoms with E-state index in [1.807, 2.05) is 0 Å². The summed E-state index contributed by atoms with van der Waals surface area (Å²) in [6.07, 6.45) is 0. The van der Waals surface area contributed by atoms with Crippen LogP contribution in [0.3, 0.4) is 0 Å². The summed E-state index contributed by atoms with van der Waals surface area (Å²) < 4.78 is 64.8. The van der Waals surface area contributed by atoms with E-state index < -0.39 is 45.0 Å². The molecule has 2 rings (SSSR count). The molecule has 132 valence electrons. The van der Waals surface area contributed by atoms with Crippen LogP contribution in [0.15, 0.2) is 34.1 Å². The van der Waals surface area contributed by atoms with Crippen molar-refractivity contribution in [3.05, 3.63) is 58.7 Å². The fraction of sp³-hybridized carbons (Fsp3) is 0.125. The number of methoxy groups -OCH3 is 2. The van der Waals surface area contributed by atoms with Crippen LogP contribution in [0.2, 0.25) is 0 Å². The molecule has 0 saturated carbocycles. The molecular formula is C16H10F4O4S. The molecule has 0 radical (unpaired) electrons. The minimum atomic E-state index is -1.19. The lowest BCUT2D eigenvalue weighted by molar-refractivity contribution is 0.0590. The molecule has 2 aromatic rings. The minimum Gasteiger partial charge on any atom is -0.465 e. The van der Waals surface area contributed by atoms with Crippen LogP contribution in [0.1, 0.15) is 20.7 Å². The van der Waals surface area contributed by atoms with Gasteiger partial charge in [0.1, 0.15) is 23.3 Å². The zero-order valence-corrected chi connectivity index (χ0v) is 13.7. The van der Waals surface area contributed by atoms with Gasteiger partial charge in [0, 0.05) is 0 Å². The largest absolute Gasteiger partial charge is 0.465 e. The van der Waals surface area contributed by atoms with Crippen molar-refractivity contribution in [1.29, 1.82) is 0 Å². The first-order chi connectivity index (χ1) is 11.8. The van der Waals surface area contributed by atoms with Gasteiger partial charge in [0.15, 0.2) is 0 Å². The monoisotopic (exact) mass is 374 g/mol. The molecule has 9 heteroatoms. The van der Waals surface area contributed by atoms with Crippen molar-refractivity contribution in [3.63, 3.8) is 0 Å². The molecule has 0 aliphatic heterocycles. The molecule has 25 heavy (non-hydrogen) atoms. The van der Waals surface area contributed by atoms with E-state index in [0.717, 1.165) is 14.2 Å². The minimum absolute atomic E-state index is 0.146. The summed E-state index contributed by atoms with van der Waals surface area (Å²) in [7, 11) is 2.07. The lowest BCUT2D eigenvalue weighted by Gasteiger charge is -2.10. The summed E-state index contributed by atoms with van der Waals surface area (Å²) >= 11 is 0.146. The smallest absolute Gasteiger partial charge is 0.338 e. The van der Waals surface area contributed by atoms with Gasteiger partial charge in [0.2, 0.25) is 0 Å². The number of rotatable bonds is 4. The van der Waals surface area contributed by atoms with Crippen LogP contribution in [-0.4, -0.2) is 26.2 Å². The van der Waals surface area contributed by atoms with Crippen LogP contribution in [0.4, 0.5) is 17.6 Å². The number of hydrogen-bond acceptors (Lipinski definition) is 5. The molecule has 0 atom stereocenters. The summed E-state index contributed by atoms with van der Waals surface area (Å²) in [5, 5.41) is 0. The van der Waals surface area contributed by atoms with E-state index in [4.69, 9.17) is 0 Å². The van der Waals surface area contributed by atoms with Crippen molar-refractivity contribution in [2.75, 3.05) is 14.2 Å². The number of halogens is 4. The molecule has 0 aliphatic rings. The van der Waals surface area contributed by atoms with Crippen molar-refractivity contribution in [1.82, 2.24) is 0 Å². The Balaban J connectivity index is 2.43. The van der Waals surface area contributed by atoms with Gasteiger partial charge in [-0.2, -0.15) is 0 Å². The molecule has 0 heterocycles. The van der Waals surface area contributed by atoms with Crippen LogP contribution in [0, 0.1) is 23.3 Å². The number of esters is 2. The Hall–Kier alpha value is -2.55. The standard InChI is InChI=1S/C16H10F4O4S/c1-23-15(21)7-3-9(17)13(10(18)4-7)25-14-11(19)5-8(6-12(14)20)16(22)24-2/h3-6H,1-2H3. The predicted molar refractivity (Wildman–Crippen MR) is 79.5 cm³/mol. The highest BCUT2D eigenvalue weighted by atomic mass is 32.2. The molecule has 0 aliphatic carbocycles. The normalized spacial score (nSPS) is 10.5. The highest BCUT2D eigenvalue weighted by Crippen LogP contribution is 2.36. The Labute approximate surface area is 143 Å². The zero-order chi connectivity index (χ0) is 18.7. The fourth-order valence-corrected chi connectivity index (χ4v) is 2.72. The van der Waals surface area contributed by atoms with E-state index in [2.05, 4.69) is 9.47 Å². The Bertz CT molecular complexity index is 739. The molecule has 4 nitrogen and oxygen atoms in total. The van der Waals surface area contributed by atoms with Gasteiger partial charge < -0.3 is 9.47 Å². The first-order valence-corrected chi connectivity index (χ1v) is 7.42. The number of benzene rings is 2. The average Bonchev–Trinajstić information content (AvgIpc) is 2.57. The van der Waals surface area contributed by atoms with E-state index in [1.165, 1.54) is 0 Å². The van der Waals surface area contributed by atoms with E-state index in [1.54, 1.807) is 0 Å². The molecule has 0 saturated heterocycles. The molecule has 0 spiro atoms. The molecule has 2 aromatic carbocycles. The number of carbonyl (C=O) groups is 2. The zero-order valence-electron chi connectivity index (χ0n) is 12.9. The topological polar surface area (TPSA) is 52.6 Å². The molecular weight excluding hydrogens is 364 g/mol. The van der Waals surface area contributed by atoms with Gasteiger partial charge >= 0.3 is 11.9 Å². The first kappa shape index (κ1) is 18.8. The highest BCUT2D eigenvalue weighted by Gasteiger charge is 2.21. The van der Waals surface area contributed by atoms with E-state index >= 15 is 0 Å². The maximum atomic E-state index is 14.0. The Morgan fingerprint density at radius 2 is 1.00 bits per heavy atom. The second-order valence-electron chi connectivity index (χ2n) is 4.62. The Morgan fingerprint density at radius 3 is 1.24 bits per heavy atom. The van der Waals surface area contributed by atoms with Crippen LogP contribution < -0.4 is 0 Å². The lowest BCUT2D eigenvalue weighted by atomic mass is 10.2. The molecule has 0 unspecified atom stereocenters. The fourth-order valence-electron chi connectivity index (χ4n) is 1.89. The Morgan fingerprint density at radius 1 is 0.720 bits per heavy atom. The molecule has 0 amide bonds. The van der Waals surface area contributed by atoms with Gasteiger partial charge in [-0.3, -0.25) is 0 Å². The van der Waals surface area contributed by atoms with Gasteiger partial charge in [0.05, 0.1) is 35.1 Å². The third-order valence-electron chi connectivity index (χ3n) is 3.04. The quantitative estimate of drug-likeness (QED) is 0.599. The second kappa shape index (κ2) is 7.56. The van der Waals surface area contributed by atoms with Crippen LogP contribution in [0.25, 0.3) is 0 Å². The summed E-state index contributed by atoms with van der Waals surface area (Å²) in [6.45, 7) is 0. The van der Waals surface area contributed by atoms with Crippen LogP contribution in [-0.2, 0) is 9.47 Å². The molecule has 0 aromatic heterocycles. The highest BCUT2D eigenvalue weighted by molar-refractivity contribution is 7.99. The van der Waals surface area contributed by atoms with Crippen molar-refractivity contribution in [2.45, 2.75) is 9.79 Å². The predicted octanol–water partition coefficient (Wildman–Crippen LogP) is 3.97. The van der Waals surface area contributed by atoms with Gasteiger partial charge in [-0.25, -0.2) is 27.2 Å². The van der Waals surface area contributed by atoms with E-state index in [9.17, 15) is 27.2 Å². The van der Waals surface area contributed by atoms with Gasteiger partial charge in [-0.1, -0.05) is 11.8 Å². The van der Waals surface area contributed by atoms with Crippen LogP contribution >= 0.6 is 11.8 Å². The third kappa shape index (κ3) is 3.93. The Kier molecular flexibility index (Phi) is 5.68. The maximum absolute atomic E-state index is 14.0. The summed E-state index contributed by atoms with van der Waals surface area (Å²) in [5.74, 6) is -6.70. The average molecular weight is 374 g/mol. The molecule has 0 bridgehead atoms. The number of hydrogen-bond donors (Lipinski definition) is 0. The number of carbonyl (C=O) groups excluding carboxylic acids is 2. The summed E-state index contributed by atoms with van der Waals surface area (Å²) in [6, 6.07) is 2.76. The van der Waals surface area contributed by atoms with E-state index in [-0.39, 0.29) is 22.9 Å². The van der Waals surface area contributed by atoms with Crippen molar-refractivity contribution in [3.8, 4) is 0 Å². The third-order valence-corrected chi connectivity index (χ3v) is 4.23. The maximum Gasteiger partial charge on any atom is 0.338 e. The number of ether oxygens (including phenoxy) is 2. The lowest BCUT2D eigenvalue weighted by Crippen LogP contribution is -2.05. The van der Waals surface area contributed by atoms with Crippen molar-refractivity contribution < 1.29 is 36.6 Å². The van der Waals surface area contributed by atoms with Gasteiger partial charge in [-0.15, -0.1) is 0 Å². The van der Waals surface area contributed by atoms with Gasteiger partial charge in [0.25, 0.3) is 0 Å². The van der Waals surface area contributed by atoms with Crippen molar-refractivity contribution in [2.24, 2.45) is 0 Å². The SMILES string of the molecule is COC(=O)c1cc(F)c(Sc2c(F)cc(C(=O)OC)cc2F)c(F)c1. The van der Waals surface area contributed by atoms with Crippen LogP contribution in [0.5, 0.6) is 0 Å². The van der Waals surface area contributed by atoms with Crippen molar-refractivity contribution >= 4 is 23.7 Å². The molecule has 0 N–H and O–H groups in total. The first-order valence-electron chi connectivity index (χ1n) is 6.61. The summed E-state index contributed by atoms with van der Waals surface area (Å²) in [4.78, 5) is 21.2. The molecule has 0 fully saturated rings.